The van der Waals surface area contributed by atoms with Crippen LogP contribution in [0.15, 0.2) is 18.2 Å². The van der Waals surface area contributed by atoms with Gasteiger partial charge < -0.3 is 4.90 Å². The van der Waals surface area contributed by atoms with Crippen LogP contribution in [-0.2, 0) is 15.6 Å². The molecule has 0 saturated carbocycles. The fourth-order valence-electron chi connectivity index (χ4n) is 4.94. The number of anilines is 1. The van der Waals surface area contributed by atoms with Gasteiger partial charge >= 0.3 is 0 Å². The largest absolute Gasteiger partial charge is 0.377 e. The lowest BCUT2D eigenvalue weighted by Crippen LogP contribution is -2.37. The zero-order valence-corrected chi connectivity index (χ0v) is 21.1. The molecular weight excluding hydrogens is 461 g/mol. The summed E-state index contributed by atoms with van der Waals surface area (Å²) < 4.78 is 47.6. The molecule has 2 amide bonds. The van der Waals surface area contributed by atoms with Crippen molar-refractivity contribution >= 4 is 32.7 Å². The molecule has 0 bridgehead atoms. The highest BCUT2D eigenvalue weighted by molar-refractivity contribution is 8.28. The molecule has 1 heterocycles. The van der Waals surface area contributed by atoms with E-state index in [0.717, 1.165) is 0 Å². The molecule has 4 rings (SSSR count). The zero-order chi connectivity index (χ0) is 25.2. The van der Waals surface area contributed by atoms with E-state index in [0.29, 0.717) is 24.1 Å². The minimum Gasteiger partial charge on any atom is -0.377 e. The van der Waals surface area contributed by atoms with Gasteiger partial charge in [0.1, 0.15) is 5.82 Å². The van der Waals surface area contributed by atoms with E-state index in [1.807, 2.05) is 27.7 Å². The Hall–Kier alpha value is -2.61. The van der Waals surface area contributed by atoms with Gasteiger partial charge in [-0.1, -0.05) is 44.2 Å². The molecule has 1 atom stereocenters. The van der Waals surface area contributed by atoms with E-state index >= 15 is 13.2 Å². The first-order valence-corrected chi connectivity index (χ1v) is 12.6. The van der Waals surface area contributed by atoms with E-state index in [-0.39, 0.29) is 33.6 Å². The second kappa shape index (κ2) is 8.26. The highest BCUT2D eigenvalue weighted by Gasteiger charge is 2.44. The standard InChI is InChI=1S/C26H29F3N2O2S/c1-25(2)9-10-26(3,4)20-19(25)21(27)18(22(28)23(20)29)15-11-14(7-8-16(15)31(5)6)12-34-13-17(32)30-24(34)33/h7-8,11-12H,9-10,13H2,1-6H3,(H,30,32,33). The van der Waals surface area contributed by atoms with Gasteiger partial charge in [-0.2, -0.15) is 0 Å². The number of rotatable bonds is 3. The molecule has 1 aliphatic carbocycles. The fraction of sp³-hybridized carbons (Fsp3) is 0.423. The monoisotopic (exact) mass is 490 g/mol. The van der Waals surface area contributed by atoms with Crippen LogP contribution >= 0.6 is 10.5 Å². The van der Waals surface area contributed by atoms with E-state index in [4.69, 9.17) is 0 Å². The molecule has 4 nitrogen and oxygen atoms in total. The lowest BCUT2D eigenvalue weighted by molar-refractivity contribution is -0.117. The Morgan fingerprint density at radius 2 is 1.53 bits per heavy atom. The molecule has 182 valence electrons. The summed E-state index contributed by atoms with van der Waals surface area (Å²) in [7, 11) is 2.51. The quantitative estimate of drug-likeness (QED) is 0.433. The molecule has 2 aliphatic rings. The Bertz CT molecular complexity index is 1270. The number of hydrogen-bond acceptors (Lipinski definition) is 3. The number of hydrogen-bond donors (Lipinski definition) is 1. The fourth-order valence-corrected chi connectivity index (χ4v) is 6.34. The summed E-state index contributed by atoms with van der Waals surface area (Å²) in [5, 5.41) is 3.51. The lowest BCUT2D eigenvalue weighted by Gasteiger charge is -2.42. The highest BCUT2D eigenvalue weighted by Crippen LogP contribution is 2.51. The number of nitrogens with zero attached hydrogens (tertiary/aromatic N) is 1. The minimum atomic E-state index is -1.21. The van der Waals surface area contributed by atoms with Gasteiger partial charge in [-0.05, 0) is 46.7 Å². The Morgan fingerprint density at radius 3 is 2.06 bits per heavy atom. The van der Waals surface area contributed by atoms with E-state index in [2.05, 4.69) is 5.32 Å². The van der Waals surface area contributed by atoms with Gasteiger partial charge in [-0.3, -0.25) is 14.9 Å². The summed E-state index contributed by atoms with van der Waals surface area (Å²) >= 11 is 0. The van der Waals surface area contributed by atoms with Gasteiger partial charge in [-0.15, -0.1) is 0 Å². The molecule has 2 aromatic carbocycles. The SMILES string of the molecule is CN(C)c1ccc(/C=S2\CC(=O)NC2=O)cc1-c1c(F)c(F)c2c(c1F)C(C)(C)CCC2(C)C. The normalized spacial score (nSPS) is 20.9. The molecular formula is C26H29F3N2O2S. The molecule has 0 radical (unpaired) electrons. The van der Waals surface area contributed by atoms with Gasteiger partial charge in [0.05, 0.1) is 11.3 Å². The smallest absolute Gasteiger partial charge is 0.280 e. The summed E-state index contributed by atoms with van der Waals surface area (Å²) in [6, 6.07) is 4.97. The highest BCUT2D eigenvalue weighted by atomic mass is 32.2. The van der Waals surface area contributed by atoms with Crippen LogP contribution in [0.1, 0.15) is 57.2 Å². The molecule has 1 unspecified atom stereocenters. The van der Waals surface area contributed by atoms with Crippen molar-refractivity contribution in [3.05, 3.63) is 52.3 Å². The third-order valence-electron chi connectivity index (χ3n) is 6.87. The summed E-state index contributed by atoms with van der Waals surface area (Å²) in [5.41, 5.74) is -0.190. The first-order chi connectivity index (χ1) is 15.7. The maximum Gasteiger partial charge on any atom is 0.280 e. The van der Waals surface area contributed by atoms with E-state index < -0.39 is 44.3 Å². The lowest BCUT2D eigenvalue weighted by atomic mass is 9.62. The molecule has 0 spiro atoms. The number of amides is 2. The Balaban J connectivity index is 2.01. The molecule has 0 aromatic heterocycles. The first-order valence-electron chi connectivity index (χ1n) is 11.2. The van der Waals surface area contributed by atoms with Crippen molar-refractivity contribution < 1.29 is 22.8 Å². The van der Waals surface area contributed by atoms with Gasteiger partial charge in [0.25, 0.3) is 5.24 Å². The van der Waals surface area contributed by atoms with Gasteiger partial charge in [-0.25, -0.2) is 13.2 Å². The molecule has 1 fully saturated rings. The van der Waals surface area contributed by atoms with Crippen LogP contribution < -0.4 is 10.2 Å². The van der Waals surface area contributed by atoms with Crippen molar-refractivity contribution in [2.45, 2.75) is 51.4 Å². The van der Waals surface area contributed by atoms with Crippen LogP contribution in [0, 0.1) is 17.5 Å². The third-order valence-corrected chi connectivity index (χ3v) is 8.57. The third kappa shape index (κ3) is 3.96. The van der Waals surface area contributed by atoms with Crippen LogP contribution in [0.25, 0.3) is 11.1 Å². The summed E-state index contributed by atoms with van der Waals surface area (Å²) in [4.78, 5) is 25.3. The van der Waals surface area contributed by atoms with Crippen LogP contribution in [-0.4, -0.2) is 36.4 Å². The molecule has 2 aromatic rings. The number of carbonyl (C=O) groups is 2. The van der Waals surface area contributed by atoms with E-state index in [9.17, 15) is 9.59 Å². The summed E-state index contributed by atoms with van der Waals surface area (Å²) in [6.45, 7) is 7.36. The molecule has 34 heavy (non-hydrogen) atoms. The maximum absolute atomic E-state index is 16.3. The topological polar surface area (TPSA) is 49.4 Å². The van der Waals surface area contributed by atoms with Crippen molar-refractivity contribution in [2.24, 2.45) is 0 Å². The van der Waals surface area contributed by atoms with E-state index in [1.54, 1.807) is 42.6 Å². The Labute approximate surface area is 200 Å². The summed E-state index contributed by atoms with van der Waals surface area (Å²) in [6.07, 6.45) is 1.27. The van der Waals surface area contributed by atoms with Crippen molar-refractivity contribution in [3.8, 4) is 11.1 Å². The van der Waals surface area contributed by atoms with Crippen molar-refractivity contribution in [1.29, 1.82) is 0 Å². The van der Waals surface area contributed by atoms with E-state index in [1.165, 1.54) is 0 Å². The van der Waals surface area contributed by atoms with Gasteiger partial charge in [0, 0.05) is 36.5 Å². The molecule has 8 heteroatoms. The Kier molecular flexibility index (Phi) is 5.95. The zero-order valence-electron chi connectivity index (χ0n) is 20.2. The molecule has 1 aliphatic heterocycles. The summed E-state index contributed by atoms with van der Waals surface area (Å²) in [5.74, 6) is -3.27. The van der Waals surface area contributed by atoms with Crippen molar-refractivity contribution in [1.82, 2.24) is 5.32 Å². The van der Waals surface area contributed by atoms with Crippen LogP contribution in [0.2, 0.25) is 0 Å². The van der Waals surface area contributed by atoms with Crippen LogP contribution in [0.3, 0.4) is 0 Å². The maximum atomic E-state index is 16.3. The predicted molar refractivity (Wildman–Crippen MR) is 133 cm³/mol. The second-order valence-electron chi connectivity index (χ2n) is 10.5. The first kappa shape index (κ1) is 24.5. The minimum absolute atomic E-state index is 0.0447. The number of carbonyl (C=O) groups excluding carboxylic acids is 2. The second-order valence-corrected chi connectivity index (χ2v) is 12.3. The van der Waals surface area contributed by atoms with Crippen molar-refractivity contribution in [2.75, 3.05) is 24.7 Å². The predicted octanol–water partition coefficient (Wildman–Crippen LogP) is 5.85. The number of benzene rings is 2. The van der Waals surface area contributed by atoms with Gasteiger partial charge in [0.2, 0.25) is 5.91 Å². The van der Waals surface area contributed by atoms with Crippen molar-refractivity contribution in [3.63, 3.8) is 0 Å². The Morgan fingerprint density at radius 1 is 0.941 bits per heavy atom. The number of halogens is 3. The van der Waals surface area contributed by atoms with Crippen LogP contribution in [0.5, 0.6) is 0 Å². The van der Waals surface area contributed by atoms with Crippen LogP contribution in [0.4, 0.5) is 23.7 Å². The number of nitrogens with one attached hydrogen (secondary N) is 1. The van der Waals surface area contributed by atoms with Gasteiger partial charge in [0.15, 0.2) is 11.6 Å². The molecule has 1 saturated heterocycles. The number of imide groups is 1. The average molecular weight is 491 g/mol. The molecule has 1 N–H and O–H groups in total. The number of fused-ring (bicyclic) bond motifs is 1. The average Bonchev–Trinajstić information content (AvgIpc) is 3.05.